The van der Waals surface area contributed by atoms with Crippen molar-refractivity contribution in [2.24, 2.45) is 7.05 Å². The van der Waals surface area contributed by atoms with E-state index in [1.165, 1.54) is 6.07 Å². The fraction of sp³-hybridized carbons (Fsp3) is 0.438. The molecule has 1 atom stereocenters. The topological polar surface area (TPSA) is 29.9 Å². The van der Waals surface area contributed by atoms with Crippen LogP contribution in [0, 0.1) is 12.7 Å². The molecule has 1 N–H and O–H groups in total. The van der Waals surface area contributed by atoms with Gasteiger partial charge in [-0.3, -0.25) is 4.68 Å². The van der Waals surface area contributed by atoms with E-state index in [1.807, 2.05) is 18.7 Å². The summed E-state index contributed by atoms with van der Waals surface area (Å²) in [7, 11) is 1.94. The van der Waals surface area contributed by atoms with Crippen LogP contribution in [0.2, 0.25) is 0 Å². The Hall–Kier alpha value is -1.20. The fourth-order valence-corrected chi connectivity index (χ4v) is 2.98. The second-order valence-corrected chi connectivity index (χ2v) is 6.13. The molecule has 0 saturated heterocycles. The van der Waals surface area contributed by atoms with Crippen molar-refractivity contribution in [1.82, 2.24) is 15.1 Å². The lowest BCUT2D eigenvalue weighted by molar-refractivity contribution is 0.506. The SMILES string of the molecule is CCCNC(Cc1cc(C)nn1C)c1cc(F)ccc1Br. The van der Waals surface area contributed by atoms with Crippen LogP contribution in [0.1, 0.15) is 36.3 Å². The van der Waals surface area contributed by atoms with Gasteiger partial charge < -0.3 is 5.32 Å². The summed E-state index contributed by atoms with van der Waals surface area (Å²) in [5, 5.41) is 7.88. The maximum Gasteiger partial charge on any atom is 0.123 e. The van der Waals surface area contributed by atoms with Crippen LogP contribution in [0.15, 0.2) is 28.7 Å². The molecule has 0 aliphatic rings. The van der Waals surface area contributed by atoms with Crippen molar-refractivity contribution < 1.29 is 4.39 Å². The molecule has 0 saturated carbocycles. The molecule has 1 aromatic carbocycles. The van der Waals surface area contributed by atoms with E-state index >= 15 is 0 Å². The number of hydrogen-bond donors (Lipinski definition) is 1. The predicted octanol–water partition coefficient (Wildman–Crippen LogP) is 3.91. The van der Waals surface area contributed by atoms with Gasteiger partial charge in [0.1, 0.15) is 5.82 Å². The molecule has 2 aromatic rings. The van der Waals surface area contributed by atoms with Gasteiger partial charge in [0.15, 0.2) is 0 Å². The zero-order valence-corrected chi connectivity index (χ0v) is 14.2. The average molecular weight is 354 g/mol. The molecule has 2 rings (SSSR count). The van der Waals surface area contributed by atoms with Crippen LogP contribution < -0.4 is 5.32 Å². The van der Waals surface area contributed by atoms with Gasteiger partial charge in [0.05, 0.1) is 5.69 Å². The molecule has 0 fully saturated rings. The molecule has 0 aliphatic heterocycles. The third-order valence-electron chi connectivity index (χ3n) is 3.49. The van der Waals surface area contributed by atoms with Crippen molar-refractivity contribution in [2.45, 2.75) is 32.7 Å². The van der Waals surface area contributed by atoms with Crippen molar-refractivity contribution in [3.05, 3.63) is 51.5 Å². The average Bonchev–Trinajstić information content (AvgIpc) is 2.75. The fourth-order valence-electron chi connectivity index (χ4n) is 2.46. The van der Waals surface area contributed by atoms with E-state index in [0.29, 0.717) is 0 Å². The van der Waals surface area contributed by atoms with E-state index in [4.69, 9.17) is 0 Å². The van der Waals surface area contributed by atoms with E-state index < -0.39 is 0 Å². The minimum absolute atomic E-state index is 0.0600. The van der Waals surface area contributed by atoms with E-state index in [1.54, 1.807) is 12.1 Å². The number of hydrogen-bond acceptors (Lipinski definition) is 2. The van der Waals surface area contributed by atoms with Gasteiger partial charge in [-0.25, -0.2) is 4.39 Å². The van der Waals surface area contributed by atoms with E-state index in [9.17, 15) is 4.39 Å². The Kier molecular flexibility index (Phi) is 5.53. The lowest BCUT2D eigenvalue weighted by atomic mass is 10.0. The zero-order chi connectivity index (χ0) is 15.4. The first-order valence-corrected chi connectivity index (χ1v) is 7.98. The third-order valence-corrected chi connectivity index (χ3v) is 4.21. The highest BCUT2D eigenvalue weighted by molar-refractivity contribution is 9.10. The Labute approximate surface area is 133 Å². The number of aryl methyl sites for hydroxylation is 2. The van der Waals surface area contributed by atoms with Crippen molar-refractivity contribution in [3.63, 3.8) is 0 Å². The van der Waals surface area contributed by atoms with Gasteiger partial charge >= 0.3 is 0 Å². The Bertz CT molecular complexity index is 610. The van der Waals surface area contributed by atoms with Gasteiger partial charge in [-0.2, -0.15) is 5.10 Å². The number of halogens is 2. The summed E-state index contributed by atoms with van der Waals surface area (Å²) in [5.74, 6) is -0.210. The number of nitrogens with zero attached hydrogens (tertiary/aromatic N) is 2. The zero-order valence-electron chi connectivity index (χ0n) is 12.7. The molecule has 5 heteroatoms. The first kappa shape index (κ1) is 16.2. The first-order valence-electron chi connectivity index (χ1n) is 7.19. The van der Waals surface area contributed by atoms with Gasteiger partial charge in [0, 0.05) is 29.7 Å². The molecule has 114 valence electrons. The summed E-state index contributed by atoms with van der Waals surface area (Å²) in [6.07, 6.45) is 1.81. The molecule has 0 aliphatic carbocycles. The normalized spacial score (nSPS) is 12.6. The third kappa shape index (κ3) is 4.14. The largest absolute Gasteiger partial charge is 0.310 e. The summed E-state index contributed by atoms with van der Waals surface area (Å²) in [6, 6.07) is 6.97. The molecule has 1 heterocycles. The summed E-state index contributed by atoms with van der Waals surface area (Å²) < 4.78 is 16.4. The summed E-state index contributed by atoms with van der Waals surface area (Å²) >= 11 is 3.53. The standard InChI is InChI=1S/C16H21BrFN3/c1-4-7-19-16(10-13-8-11(2)20-21(13)3)14-9-12(18)5-6-15(14)17/h5-6,8-9,16,19H,4,7,10H2,1-3H3. The predicted molar refractivity (Wildman–Crippen MR) is 86.8 cm³/mol. The molecule has 0 spiro atoms. The molecule has 1 unspecified atom stereocenters. The Morgan fingerprint density at radius 2 is 2.14 bits per heavy atom. The monoisotopic (exact) mass is 353 g/mol. The second kappa shape index (κ2) is 7.18. The van der Waals surface area contributed by atoms with Gasteiger partial charge in [0.25, 0.3) is 0 Å². The highest BCUT2D eigenvalue weighted by atomic mass is 79.9. The van der Waals surface area contributed by atoms with Crippen molar-refractivity contribution in [3.8, 4) is 0 Å². The molecule has 3 nitrogen and oxygen atoms in total. The second-order valence-electron chi connectivity index (χ2n) is 5.28. The van der Waals surface area contributed by atoms with Gasteiger partial charge in [-0.15, -0.1) is 0 Å². The number of benzene rings is 1. The summed E-state index contributed by atoms with van der Waals surface area (Å²) in [4.78, 5) is 0. The van der Waals surface area contributed by atoms with Gasteiger partial charge in [-0.1, -0.05) is 22.9 Å². The van der Waals surface area contributed by atoms with Crippen molar-refractivity contribution in [1.29, 1.82) is 0 Å². The number of aromatic nitrogens is 2. The first-order chi connectivity index (χ1) is 10.0. The van der Waals surface area contributed by atoms with Crippen LogP contribution in [0.5, 0.6) is 0 Å². The molecule has 0 bridgehead atoms. The van der Waals surface area contributed by atoms with Crippen LogP contribution >= 0.6 is 15.9 Å². The van der Waals surface area contributed by atoms with Crippen LogP contribution in [0.4, 0.5) is 4.39 Å². The maximum absolute atomic E-state index is 13.6. The number of nitrogens with one attached hydrogen (secondary N) is 1. The minimum Gasteiger partial charge on any atom is -0.310 e. The smallest absolute Gasteiger partial charge is 0.123 e. The maximum atomic E-state index is 13.6. The van der Waals surface area contributed by atoms with Gasteiger partial charge in [0.2, 0.25) is 0 Å². The van der Waals surface area contributed by atoms with E-state index in [2.05, 4.69) is 39.3 Å². The summed E-state index contributed by atoms with van der Waals surface area (Å²) in [5.41, 5.74) is 3.08. The molecular formula is C16H21BrFN3. The molecule has 0 amide bonds. The lowest BCUT2D eigenvalue weighted by Gasteiger charge is -2.20. The van der Waals surface area contributed by atoms with Crippen molar-refractivity contribution in [2.75, 3.05) is 6.54 Å². The van der Waals surface area contributed by atoms with Crippen LogP contribution in [0.25, 0.3) is 0 Å². The van der Waals surface area contributed by atoms with Crippen molar-refractivity contribution >= 4 is 15.9 Å². The van der Waals surface area contributed by atoms with Crippen LogP contribution in [-0.4, -0.2) is 16.3 Å². The molecular weight excluding hydrogens is 333 g/mol. The Balaban J connectivity index is 2.29. The summed E-state index contributed by atoms with van der Waals surface area (Å²) in [6.45, 7) is 5.00. The quantitative estimate of drug-likeness (QED) is 0.852. The highest BCUT2D eigenvalue weighted by Crippen LogP contribution is 2.27. The lowest BCUT2D eigenvalue weighted by Crippen LogP contribution is -2.25. The van der Waals surface area contributed by atoms with E-state index in [0.717, 1.165) is 40.8 Å². The number of rotatable bonds is 6. The van der Waals surface area contributed by atoms with Crippen LogP contribution in [0.3, 0.4) is 0 Å². The highest BCUT2D eigenvalue weighted by Gasteiger charge is 2.17. The Morgan fingerprint density at radius 3 is 2.76 bits per heavy atom. The van der Waals surface area contributed by atoms with Gasteiger partial charge in [-0.05, 0) is 49.7 Å². The molecule has 1 aromatic heterocycles. The van der Waals surface area contributed by atoms with E-state index in [-0.39, 0.29) is 11.9 Å². The molecule has 0 radical (unpaired) electrons. The Morgan fingerprint density at radius 1 is 1.38 bits per heavy atom. The molecule has 21 heavy (non-hydrogen) atoms. The minimum atomic E-state index is -0.210. The van der Waals surface area contributed by atoms with Crippen LogP contribution in [-0.2, 0) is 13.5 Å².